The van der Waals surface area contributed by atoms with Gasteiger partial charge in [0, 0.05) is 17.1 Å². The molecular weight excluding hydrogens is 317 g/mol. The summed E-state index contributed by atoms with van der Waals surface area (Å²) in [6.07, 6.45) is 0.713. The minimum Gasteiger partial charge on any atom is -0.467 e. The first kappa shape index (κ1) is 17.9. The Balaban J connectivity index is 2.43. The van der Waals surface area contributed by atoms with Gasteiger partial charge in [-0.2, -0.15) is 4.98 Å². The maximum atomic E-state index is 14.4. The highest BCUT2D eigenvalue weighted by molar-refractivity contribution is 5.82. The molecule has 0 radical (unpaired) electrons. The smallest absolute Gasteiger partial charge is 0.408 e. The zero-order valence-corrected chi connectivity index (χ0v) is 14.0. The van der Waals surface area contributed by atoms with Gasteiger partial charge in [0.1, 0.15) is 11.4 Å². The first-order valence-corrected chi connectivity index (χ1v) is 7.34. The molecule has 0 saturated heterocycles. The summed E-state index contributed by atoms with van der Waals surface area (Å²) in [5.74, 6) is -0.613. The number of methoxy groups -OCH3 is 1. The van der Waals surface area contributed by atoms with Gasteiger partial charge < -0.3 is 19.9 Å². The maximum absolute atomic E-state index is 14.4. The zero-order valence-electron chi connectivity index (χ0n) is 14.0. The fourth-order valence-corrected chi connectivity index (χ4v) is 2.17. The van der Waals surface area contributed by atoms with Crippen molar-refractivity contribution in [1.29, 1.82) is 0 Å². The van der Waals surface area contributed by atoms with Crippen LogP contribution in [0.25, 0.3) is 10.9 Å². The number of nitrogens with one attached hydrogen (secondary N) is 1. The van der Waals surface area contributed by atoms with Gasteiger partial charge in [0.25, 0.3) is 0 Å². The highest BCUT2D eigenvalue weighted by Gasteiger charge is 2.24. The summed E-state index contributed by atoms with van der Waals surface area (Å²) in [4.78, 5) is 20.0. The van der Waals surface area contributed by atoms with Gasteiger partial charge in [-0.05, 0) is 32.9 Å². The van der Waals surface area contributed by atoms with Crippen LogP contribution in [0.4, 0.5) is 9.18 Å². The van der Waals surface area contributed by atoms with Crippen molar-refractivity contribution in [2.75, 3.05) is 13.7 Å². The van der Waals surface area contributed by atoms with Crippen molar-refractivity contribution in [3.05, 3.63) is 29.7 Å². The lowest BCUT2D eigenvalue weighted by molar-refractivity contribution is 0.0481. The lowest BCUT2D eigenvalue weighted by Gasteiger charge is -2.23. The van der Waals surface area contributed by atoms with E-state index in [1.54, 1.807) is 20.8 Å². The standard InChI is InChI=1S/C16H20FN3O4/c1-16(2,3)24-15(22)19-11(8-21)12-10(17)6-5-9-7-18-14(23-4)20-13(9)12/h5-7,11,21H,8H2,1-4H3,(H,19,22)/t11-/m1/s1. The number of ether oxygens (including phenoxy) is 2. The van der Waals surface area contributed by atoms with Crippen LogP contribution in [-0.4, -0.2) is 40.5 Å². The SMILES string of the molecule is COc1ncc2ccc(F)c([C@@H](CO)NC(=O)OC(C)(C)C)c2n1. The van der Waals surface area contributed by atoms with Crippen LogP contribution in [0.1, 0.15) is 32.4 Å². The summed E-state index contributed by atoms with van der Waals surface area (Å²) in [6.45, 7) is 4.59. The molecule has 0 spiro atoms. The Hall–Kier alpha value is -2.48. The second-order valence-electron chi connectivity index (χ2n) is 6.14. The summed E-state index contributed by atoms with van der Waals surface area (Å²) in [5.41, 5.74) is -0.425. The lowest BCUT2D eigenvalue weighted by atomic mass is 10.0. The van der Waals surface area contributed by atoms with Gasteiger partial charge in [0.2, 0.25) is 0 Å². The van der Waals surface area contributed by atoms with E-state index in [2.05, 4.69) is 15.3 Å². The average molecular weight is 337 g/mol. The molecule has 2 aromatic rings. The second-order valence-corrected chi connectivity index (χ2v) is 6.14. The van der Waals surface area contributed by atoms with Gasteiger partial charge in [0.05, 0.1) is 25.3 Å². The number of hydrogen-bond donors (Lipinski definition) is 2. The Morgan fingerprint density at radius 2 is 2.12 bits per heavy atom. The van der Waals surface area contributed by atoms with E-state index in [0.717, 1.165) is 0 Å². The van der Waals surface area contributed by atoms with Crippen LogP contribution in [0.2, 0.25) is 0 Å². The molecule has 7 nitrogen and oxygen atoms in total. The number of benzene rings is 1. The number of halogens is 1. The van der Waals surface area contributed by atoms with Crippen molar-refractivity contribution in [3.63, 3.8) is 0 Å². The number of carbonyl (C=O) groups excluding carboxylic acids is 1. The van der Waals surface area contributed by atoms with E-state index in [4.69, 9.17) is 9.47 Å². The second kappa shape index (κ2) is 6.96. The Morgan fingerprint density at radius 3 is 2.71 bits per heavy atom. The van der Waals surface area contributed by atoms with E-state index >= 15 is 0 Å². The fraction of sp³-hybridized carbons (Fsp3) is 0.438. The van der Waals surface area contributed by atoms with Crippen LogP contribution in [0.15, 0.2) is 18.3 Å². The van der Waals surface area contributed by atoms with Crippen LogP contribution in [0.3, 0.4) is 0 Å². The molecule has 0 bridgehead atoms. The highest BCUT2D eigenvalue weighted by Crippen LogP contribution is 2.27. The molecule has 0 saturated carbocycles. The molecule has 1 heterocycles. The molecule has 2 rings (SSSR count). The first-order chi connectivity index (χ1) is 11.2. The van der Waals surface area contributed by atoms with Crippen molar-refractivity contribution >= 4 is 17.0 Å². The largest absolute Gasteiger partial charge is 0.467 e. The molecular formula is C16H20FN3O4. The number of nitrogens with zero attached hydrogens (tertiary/aromatic N) is 2. The predicted molar refractivity (Wildman–Crippen MR) is 85.2 cm³/mol. The fourth-order valence-electron chi connectivity index (χ4n) is 2.17. The Morgan fingerprint density at radius 1 is 1.42 bits per heavy atom. The molecule has 1 amide bonds. The minimum atomic E-state index is -1.02. The summed E-state index contributed by atoms with van der Waals surface area (Å²) < 4.78 is 24.5. The van der Waals surface area contributed by atoms with E-state index in [1.807, 2.05) is 0 Å². The van der Waals surface area contributed by atoms with Crippen molar-refractivity contribution in [1.82, 2.24) is 15.3 Å². The van der Waals surface area contributed by atoms with Gasteiger partial charge in [-0.1, -0.05) is 0 Å². The van der Waals surface area contributed by atoms with E-state index < -0.39 is 30.2 Å². The van der Waals surface area contributed by atoms with Crippen molar-refractivity contribution in [3.8, 4) is 6.01 Å². The molecule has 24 heavy (non-hydrogen) atoms. The molecule has 0 aliphatic carbocycles. The quantitative estimate of drug-likeness (QED) is 0.889. The topological polar surface area (TPSA) is 93.6 Å². The lowest BCUT2D eigenvalue weighted by Crippen LogP contribution is -2.36. The molecule has 130 valence electrons. The Labute approximate surface area is 138 Å². The van der Waals surface area contributed by atoms with Crippen molar-refractivity contribution in [2.24, 2.45) is 0 Å². The van der Waals surface area contributed by atoms with Crippen LogP contribution >= 0.6 is 0 Å². The number of carbonyl (C=O) groups is 1. The van der Waals surface area contributed by atoms with Crippen LogP contribution < -0.4 is 10.1 Å². The third kappa shape index (κ3) is 4.08. The van der Waals surface area contributed by atoms with Gasteiger partial charge in [0.15, 0.2) is 0 Å². The van der Waals surface area contributed by atoms with E-state index in [-0.39, 0.29) is 17.1 Å². The van der Waals surface area contributed by atoms with E-state index in [0.29, 0.717) is 5.39 Å². The number of amides is 1. The van der Waals surface area contributed by atoms with Gasteiger partial charge in [-0.15, -0.1) is 0 Å². The van der Waals surface area contributed by atoms with Crippen molar-refractivity contribution in [2.45, 2.75) is 32.4 Å². The third-order valence-corrected chi connectivity index (χ3v) is 3.12. The monoisotopic (exact) mass is 337 g/mol. The molecule has 0 aliphatic rings. The molecule has 0 aliphatic heterocycles. The van der Waals surface area contributed by atoms with Crippen LogP contribution in [0, 0.1) is 5.82 Å². The van der Waals surface area contributed by atoms with Gasteiger partial charge in [-0.25, -0.2) is 14.2 Å². The zero-order chi connectivity index (χ0) is 17.9. The number of aliphatic hydroxyl groups is 1. The molecule has 2 N–H and O–H groups in total. The number of alkyl carbamates (subject to hydrolysis) is 1. The van der Waals surface area contributed by atoms with E-state index in [9.17, 15) is 14.3 Å². The summed E-state index contributed by atoms with van der Waals surface area (Å²) in [7, 11) is 1.39. The predicted octanol–water partition coefficient (Wildman–Crippen LogP) is 2.34. The summed E-state index contributed by atoms with van der Waals surface area (Å²) in [6, 6.07) is 1.77. The minimum absolute atomic E-state index is 0.0431. The molecule has 0 fully saturated rings. The maximum Gasteiger partial charge on any atom is 0.408 e. The third-order valence-electron chi connectivity index (χ3n) is 3.12. The highest BCUT2D eigenvalue weighted by atomic mass is 19.1. The Kier molecular flexibility index (Phi) is 5.18. The molecule has 1 atom stereocenters. The molecule has 1 aromatic heterocycles. The molecule has 0 unspecified atom stereocenters. The number of fused-ring (bicyclic) bond motifs is 1. The Bertz CT molecular complexity index is 746. The summed E-state index contributed by atoms with van der Waals surface area (Å²) >= 11 is 0. The molecule has 8 heteroatoms. The number of aromatic nitrogens is 2. The van der Waals surface area contributed by atoms with Crippen LogP contribution in [-0.2, 0) is 4.74 Å². The van der Waals surface area contributed by atoms with E-state index in [1.165, 1.54) is 25.4 Å². The van der Waals surface area contributed by atoms with Gasteiger partial charge in [-0.3, -0.25) is 0 Å². The van der Waals surface area contributed by atoms with Crippen molar-refractivity contribution < 1.29 is 23.8 Å². The number of hydrogen-bond acceptors (Lipinski definition) is 6. The van der Waals surface area contributed by atoms with Gasteiger partial charge >= 0.3 is 12.1 Å². The summed E-state index contributed by atoms with van der Waals surface area (Å²) in [5, 5.41) is 12.6. The van der Waals surface area contributed by atoms with Crippen LogP contribution in [0.5, 0.6) is 6.01 Å². The molecule has 1 aromatic carbocycles. The average Bonchev–Trinajstić information content (AvgIpc) is 2.50. The number of rotatable bonds is 4. The number of aliphatic hydroxyl groups excluding tert-OH is 1. The first-order valence-electron chi connectivity index (χ1n) is 7.34. The normalized spacial score (nSPS) is 12.8.